The van der Waals surface area contributed by atoms with E-state index in [0.29, 0.717) is 33.9 Å². The van der Waals surface area contributed by atoms with Gasteiger partial charge in [-0.2, -0.15) is 0 Å². The van der Waals surface area contributed by atoms with Crippen LogP contribution in [-0.2, 0) is 4.79 Å². The predicted molar refractivity (Wildman–Crippen MR) is 98.2 cm³/mol. The first-order chi connectivity index (χ1) is 11.1. The van der Waals surface area contributed by atoms with Crippen molar-refractivity contribution in [1.29, 1.82) is 0 Å². The lowest BCUT2D eigenvalue weighted by Gasteiger charge is -2.21. The highest BCUT2D eigenvalue weighted by Crippen LogP contribution is 2.28. The number of nitrogens with one attached hydrogen (secondary N) is 2. The van der Waals surface area contributed by atoms with Crippen LogP contribution >= 0.6 is 23.8 Å². The number of amides is 1. The summed E-state index contributed by atoms with van der Waals surface area (Å²) in [5.41, 5.74) is 0.716. The summed E-state index contributed by atoms with van der Waals surface area (Å²) in [7, 11) is 1.56. The summed E-state index contributed by atoms with van der Waals surface area (Å²) in [5.74, 6) is 1.25. The van der Waals surface area contributed by atoms with Gasteiger partial charge in [0.2, 0.25) is 5.91 Å². The van der Waals surface area contributed by atoms with Gasteiger partial charge in [0.25, 0.3) is 0 Å². The van der Waals surface area contributed by atoms with E-state index in [9.17, 15) is 4.79 Å². The number of carbonyl (C=O) groups excluding carboxylic acids is 1. The fourth-order valence-corrected chi connectivity index (χ4v) is 3.40. The van der Waals surface area contributed by atoms with Crippen LogP contribution in [0.3, 0.4) is 0 Å². The molecule has 1 saturated carbocycles. The highest BCUT2D eigenvalue weighted by Gasteiger charge is 2.15. The summed E-state index contributed by atoms with van der Waals surface area (Å²) < 4.78 is 5.10. The molecule has 1 fully saturated rings. The van der Waals surface area contributed by atoms with Gasteiger partial charge in [0, 0.05) is 12.1 Å². The molecule has 0 radical (unpaired) electrons. The normalized spacial score (nSPS) is 15.0. The zero-order chi connectivity index (χ0) is 16.7. The maximum absolute atomic E-state index is 12.0. The second kappa shape index (κ2) is 9.08. The van der Waals surface area contributed by atoms with Gasteiger partial charge >= 0.3 is 0 Å². The topological polar surface area (TPSA) is 50.4 Å². The lowest BCUT2D eigenvalue weighted by atomic mass is 9.86. The largest absolute Gasteiger partial charge is 0.495 e. The Morgan fingerprint density at radius 1 is 1.35 bits per heavy atom. The van der Waals surface area contributed by atoms with Crippen molar-refractivity contribution in [3.05, 3.63) is 23.2 Å². The van der Waals surface area contributed by atoms with Crippen molar-refractivity contribution in [3.63, 3.8) is 0 Å². The summed E-state index contributed by atoms with van der Waals surface area (Å²) in [4.78, 5) is 12.0. The van der Waals surface area contributed by atoms with Gasteiger partial charge in [-0.05, 0) is 42.8 Å². The van der Waals surface area contributed by atoms with Crippen molar-refractivity contribution in [1.82, 2.24) is 5.32 Å². The maximum Gasteiger partial charge on any atom is 0.226 e. The van der Waals surface area contributed by atoms with Crippen molar-refractivity contribution in [2.75, 3.05) is 12.4 Å². The molecule has 0 unspecified atom stereocenters. The highest BCUT2D eigenvalue weighted by atomic mass is 35.5. The van der Waals surface area contributed by atoms with E-state index in [4.69, 9.17) is 28.6 Å². The maximum atomic E-state index is 12.0. The molecule has 4 nitrogen and oxygen atoms in total. The fraction of sp³-hybridized carbons (Fsp3) is 0.529. The molecule has 0 bridgehead atoms. The van der Waals surface area contributed by atoms with E-state index < -0.39 is 0 Å². The molecule has 0 spiro atoms. The van der Waals surface area contributed by atoms with Crippen LogP contribution in [0.15, 0.2) is 18.2 Å². The van der Waals surface area contributed by atoms with Crippen LogP contribution in [0.5, 0.6) is 5.75 Å². The van der Waals surface area contributed by atoms with E-state index in [1.165, 1.54) is 32.1 Å². The van der Waals surface area contributed by atoms with Gasteiger partial charge in [-0.1, -0.05) is 43.7 Å². The van der Waals surface area contributed by atoms with Gasteiger partial charge in [-0.15, -0.1) is 0 Å². The summed E-state index contributed by atoms with van der Waals surface area (Å²) >= 11 is 11.2. The average molecular weight is 355 g/mol. The molecule has 126 valence electrons. The summed E-state index contributed by atoms with van der Waals surface area (Å²) in [6.45, 7) is 0. The number of rotatable bonds is 5. The number of ether oxygens (including phenoxy) is 1. The number of hydrogen-bond acceptors (Lipinski definition) is 3. The quantitative estimate of drug-likeness (QED) is 0.763. The SMILES string of the molecule is COc1ccc(NC(=S)NC(=O)CCC2CCCCC2)cc1Cl. The Morgan fingerprint density at radius 3 is 2.74 bits per heavy atom. The van der Waals surface area contributed by atoms with Crippen molar-refractivity contribution < 1.29 is 9.53 Å². The second-order valence-corrected chi connectivity index (χ2v) is 6.71. The van der Waals surface area contributed by atoms with Crippen molar-refractivity contribution in [2.24, 2.45) is 5.92 Å². The molecule has 2 N–H and O–H groups in total. The number of anilines is 1. The third kappa shape index (κ3) is 5.99. The van der Waals surface area contributed by atoms with Crippen LogP contribution in [-0.4, -0.2) is 18.1 Å². The average Bonchev–Trinajstić information content (AvgIpc) is 2.54. The molecule has 2 rings (SSSR count). The number of hydrogen-bond donors (Lipinski definition) is 2. The summed E-state index contributed by atoms with van der Waals surface area (Å²) in [6.07, 6.45) is 7.90. The summed E-state index contributed by atoms with van der Waals surface area (Å²) in [6, 6.07) is 5.25. The molecule has 1 aromatic carbocycles. The lowest BCUT2D eigenvalue weighted by molar-refractivity contribution is -0.120. The Balaban J connectivity index is 1.75. The van der Waals surface area contributed by atoms with Crippen LogP contribution in [0.1, 0.15) is 44.9 Å². The monoisotopic (exact) mass is 354 g/mol. The number of carbonyl (C=O) groups is 1. The number of benzene rings is 1. The Labute approximate surface area is 147 Å². The Hall–Kier alpha value is -1.33. The third-order valence-electron chi connectivity index (χ3n) is 4.17. The van der Waals surface area contributed by atoms with Crippen LogP contribution in [0.2, 0.25) is 5.02 Å². The van der Waals surface area contributed by atoms with Gasteiger partial charge in [0.1, 0.15) is 5.75 Å². The standard InChI is InChI=1S/C17H23ClN2O2S/c1-22-15-9-8-13(11-14(15)18)19-17(23)20-16(21)10-7-12-5-3-2-4-6-12/h8-9,11-12H,2-7,10H2,1H3,(H2,19,20,21,23). The Morgan fingerprint density at radius 2 is 2.09 bits per heavy atom. The van der Waals surface area contributed by atoms with Gasteiger partial charge in [0.15, 0.2) is 5.11 Å². The van der Waals surface area contributed by atoms with Crippen LogP contribution in [0, 0.1) is 5.92 Å². The molecular weight excluding hydrogens is 332 g/mol. The molecule has 0 saturated heterocycles. The van der Waals surface area contributed by atoms with E-state index in [-0.39, 0.29) is 5.91 Å². The molecule has 23 heavy (non-hydrogen) atoms. The Bertz CT molecular complexity index is 560. The van der Waals surface area contributed by atoms with Gasteiger partial charge in [-0.25, -0.2) is 0 Å². The van der Waals surface area contributed by atoms with Crippen LogP contribution < -0.4 is 15.4 Å². The molecule has 0 aromatic heterocycles. The van der Waals surface area contributed by atoms with Crippen molar-refractivity contribution in [2.45, 2.75) is 44.9 Å². The zero-order valence-corrected chi connectivity index (χ0v) is 14.9. The molecule has 0 heterocycles. The van der Waals surface area contributed by atoms with E-state index in [0.717, 1.165) is 6.42 Å². The third-order valence-corrected chi connectivity index (χ3v) is 4.67. The van der Waals surface area contributed by atoms with Gasteiger partial charge < -0.3 is 15.4 Å². The summed E-state index contributed by atoms with van der Waals surface area (Å²) in [5, 5.41) is 6.47. The Kier molecular flexibility index (Phi) is 7.12. The zero-order valence-electron chi connectivity index (χ0n) is 13.4. The minimum Gasteiger partial charge on any atom is -0.495 e. The minimum absolute atomic E-state index is 0.0346. The molecule has 0 aliphatic heterocycles. The molecule has 1 aromatic rings. The van der Waals surface area contributed by atoms with E-state index >= 15 is 0 Å². The minimum atomic E-state index is -0.0346. The van der Waals surface area contributed by atoms with Crippen molar-refractivity contribution >= 4 is 40.5 Å². The van der Waals surface area contributed by atoms with E-state index in [1.807, 2.05) is 0 Å². The molecular formula is C17H23ClN2O2S. The first kappa shape index (κ1) is 18.0. The lowest BCUT2D eigenvalue weighted by Crippen LogP contribution is -2.34. The first-order valence-corrected chi connectivity index (χ1v) is 8.81. The molecule has 6 heteroatoms. The molecule has 1 aliphatic carbocycles. The van der Waals surface area contributed by atoms with Gasteiger partial charge in [0.05, 0.1) is 12.1 Å². The van der Waals surface area contributed by atoms with Gasteiger partial charge in [-0.3, -0.25) is 4.79 Å². The second-order valence-electron chi connectivity index (χ2n) is 5.89. The first-order valence-electron chi connectivity index (χ1n) is 8.03. The molecule has 0 atom stereocenters. The molecule has 1 aliphatic rings. The fourth-order valence-electron chi connectivity index (χ4n) is 2.91. The number of thiocarbonyl (C=S) groups is 1. The smallest absolute Gasteiger partial charge is 0.226 e. The predicted octanol–water partition coefficient (Wildman–Crippen LogP) is 4.52. The van der Waals surface area contributed by atoms with E-state index in [1.54, 1.807) is 25.3 Å². The number of halogens is 1. The van der Waals surface area contributed by atoms with Crippen molar-refractivity contribution in [3.8, 4) is 5.75 Å². The van der Waals surface area contributed by atoms with E-state index in [2.05, 4.69) is 10.6 Å². The van der Waals surface area contributed by atoms with Crippen LogP contribution in [0.4, 0.5) is 5.69 Å². The number of methoxy groups -OCH3 is 1. The molecule has 1 amide bonds. The highest BCUT2D eigenvalue weighted by molar-refractivity contribution is 7.80. The van der Waals surface area contributed by atoms with Crippen LogP contribution in [0.25, 0.3) is 0 Å².